The maximum absolute atomic E-state index is 12.6. The van der Waals surface area contributed by atoms with Gasteiger partial charge < -0.3 is 14.2 Å². The average molecular weight is 465 g/mol. The lowest BCUT2D eigenvalue weighted by Crippen LogP contribution is -2.30. The van der Waals surface area contributed by atoms with Gasteiger partial charge in [0.1, 0.15) is 5.52 Å². The summed E-state index contributed by atoms with van der Waals surface area (Å²) in [5.74, 6) is 0.0295. The number of hydrogen-bond donors (Lipinski definition) is 1. The Bertz CT molecular complexity index is 1320. The molecule has 1 atom stereocenters. The first kappa shape index (κ1) is 22.2. The molecule has 2 aromatic heterocycles. The molecule has 0 saturated heterocycles. The highest BCUT2D eigenvalue weighted by Gasteiger charge is 2.22. The Balaban J connectivity index is 1.43. The van der Waals surface area contributed by atoms with Crippen LogP contribution in [0.1, 0.15) is 17.3 Å². The van der Waals surface area contributed by atoms with Crippen molar-refractivity contribution in [3.05, 3.63) is 59.7 Å². The zero-order valence-corrected chi connectivity index (χ0v) is 18.9. The van der Waals surface area contributed by atoms with E-state index in [4.69, 9.17) is 14.2 Å². The van der Waals surface area contributed by atoms with E-state index in [2.05, 4.69) is 20.3 Å². The van der Waals surface area contributed by atoms with Gasteiger partial charge in [0.25, 0.3) is 5.91 Å². The molecule has 0 aliphatic carbocycles. The number of amides is 1. The van der Waals surface area contributed by atoms with Crippen LogP contribution in [0.5, 0.6) is 11.5 Å². The van der Waals surface area contributed by atoms with Crippen molar-refractivity contribution in [2.24, 2.45) is 0 Å². The van der Waals surface area contributed by atoms with Crippen LogP contribution in [-0.4, -0.2) is 47.2 Å². The number of methoxy groups -OCH3 is 2. The van der Waals surface area contributed by atoms with E-state index in [-0.39, 0.29) is 5.56 Å². The van der Waals surface area contributed by atoms with E-state index in [9.17, 15) is 9.59 Å². The van der Waals surface area contributed by atoms with Crippen LogP contribution >= 0.6 is 11.3 Å². The number of nitrogens with zero attached hydrogens (tertiary/aromatic N) is 3. The first-order chi connectivity index (χ1) is 16.0. The summed E-state index contributed by atoms with van der Waals surface area (Å²) in [6.45, 7) is 1.49. The summed E-state index contributed by atoms with van der Waals surface area (Å²) in [4.78, 5) is 38.0. The molecule has 0 fully saturated rings. The number of para-hydroxylation sites is 1. The highest BCUT2D eigenvalue weighted by atomic mass is 32.1. The van der Waals surface area contributed by atoms with Crippen LogP contribution in [0.2, 0.25) is 0 Å². The number of thiazole rings is 1. The molecule has 0 aliphatic heterocycles. The smallest absolute Gasteiger partial charge is 0.341 e. The average Bonchev–Trinajstić information content (AvgIpc) is 3.31. The zero-order valence-electron chi connectivity index (χ0n) is 18.1. The van der Waals surface area contributed by atoms with Gasteiger partial charge in [0.15, 0.2) is 22.7 Å². The second kappa shape index (κ2) is 9.61. The van der Waals surface area contributed by atoms with Crippen LogP contribution in [0.3, 0.4) is 0 Å². The monoisotopic (exact) mass is 464 g/mol. The van der Waals surface area contributed by atoms with Crippen molar-refractivity contribution >= 4 is 39.4 Å². The number of aromatic nitrogens is 3. The Kier molecular flexibility index (Phi) is 6.45. The van der Waals surface area contributed by atoms with Crippen LogP contribution in [-0.2, 0) is 9.53 Å². The quantitative estimate of drug-likeness (QED) is 0.409. The molecule has 9 nitrogen and oxygen atoms in total. The zero-order chi connectivity index (χ0) is 23.4. The summed E-state index contributed by atoms with van der Waals surface area (Å²) in [7, 11) is 3.12. The van der Waals surface area contributed by atoms with Crippen molar-refractivity contribution in [2.45, 2.75) is 13.0 Å². The van der Waals surface area contributed by atoms with Gasteiger partial charge in [-0.1, -0.05) is 6.07 Å². The summed E-state index contributed by atoms with van der Waals surface area (Å²) < 4.78 is 15.9. The third-order valence-electron chi connectivity index (χ3n) is 4.79. The third kappa shape index (κ3) is 4.75. The molecule has 168 valence electrons. The molecule has 4 rings (SSSR count). The Morgan fingerprint density at radius 2 is 1.82 bits per heavy atom. The number of hydrogen-bond acceptors (Lipinski definition) is 9. The SMILES string of the molecule is COc1ccc(-c2csc(NC(=O)C(C)OC(=O)c3cccc4nccnc34)n2)cc1OC. The minimum atomic E-state index is -1.04. The molecule has 0 bridgehead atoms. The second-order valence-corrected chi connectivity index (χ2v) is 7.73. The Labute approximate surface area is 193 Å². The topological polar surface area (TPSA) is 113 Å². The van der Waals surface area contributed by atoms with Crippen LogP contribution in [0, 0.1) is 0 Å². The predicted octanol–water partition coefficient (Wildman–Crippen LogP) is 3.95. The number of carbonyl (C=O) groups is 2. The van der Waals surface area contributed by atoms with Gasteiger partial charge in [0.2, 0.25) is 0 Å². The van der Waals surface area contributed by atoms with Crippen LogP contribution in [0.25, 0.3) is 22.3 Å². The lowest BCUT2D eigenvalue weighted by atomic mass is 10.1. The Morgan fingerprint density at radius 3 is 2.61 bits per heavy atom. The summed E-state index contributed by atoms with van der Waals surface area (Å²) in [5, 5.41) is 4.87. The lowest BCUT2D eigenvalue weighted by molar-refractivity contribution is -0.123. The van der Waals surface area contributed by atoms with Crippen molar-refractivity contribution in [1.29, 1.82) is 0 Å². The standard InChI is InChI=1S/C23H20N4O5S/c1-13(32-22(29)15-5-4-6-16-20(15)25-10-9-24-16)21(28)27-23-26-17(12-33-23)14-7-8-18(30-2)19(11-14)31-3/h4-13H,1-3H3,(H,26,27,28). The molecule has 0 spiro atoms. The number of nitrogens with one attached hydrogen (secondary N) is 1. The van der Waals surface area contributed by atoms with Crippen molar-refractivity contribution in [2.75, 3.05) is 19.5 Å². The molecule has 2 heterocycles. The van der Waals surface area contributed by atoms with Gasteiger partial charge in [-0.3, -0.25) is 20.1 Å². The van der Waals surface area contributed by atoms with E-state index in [1.165, 1.54) is 30.7 Å². The first-order valence-electron chi connectivity index (χ1n) is 9.89. The summed E-state index contributed by atoms with van der Waals surface area (Å²) in [6, 6.07) is 10.4. The molecule has 33 heavy (non-hydrogen) atoms. The predicted molar refractivity (Wildman–Crippen MR) is 124 cm³/mol. The van der Waals surface area contributed by atoms with E-state index >= 15 is 0 Å². The molecule has 0 saturated carbocycles. The Hall–Kier alpha value is -4.05. The van der Waals surface area contributed by atoms with Gasteiger partial charge in [-0.05, 0) is 37.3 Å². The van der Waals surface area contributed by atoms with Gasteiger partial charge >= 0.3 is 5.97 Å². The molecule has 0 aliphatic rings. The second-order valence-electron chi connectivity index (χ2n) is 6.87. The Morgan fingerprint density at radius 1 is 1.03 bits per heavy atom. The molecular weight excluding hydrogens is 444 g/mol. The number of anilines is 1. The number of fused-ring (bicyclic) bond motifs is 1. The largest absolute Gasteiger partial charge is 0.493 e. The van der Waals surface area contributed by atoms with Gasteiger partial charge in [-0.15, -0.1) is 11.3 Å². The fourth-order valence-corrected chi connectivity index (χ4v) is 3.82. The highest BCUT2D eigenvalue weighted by molar-refractivity contribution is 7.14. The highest BCUT2D eigenvalue weighted by Crippen LogP contribution is 2.33. The maximum atomic E-state index is 12.6. The fourth-order valence-electron chi connectivity index (χ4n) is 3.10. The minimum Gasteiger partial charge on any atom is -0.493 e. The fraction of sp³-hybridized carbons (Fsp3) is 0.174. The van der Waals surface area contributed by atoms with Crippen LogP contribution in [0.4, 0.5) is 5.13 Å². The van der Waals surface area contributed by atoms with Crippen molar-refractivity contribution in [3.63, 3.8) is 0 Å². The molecule has 2 aromatic carbocycles. The van der Waals surface area contributed by atoms with Crippen LogP contribution < -0.4 is 14.8 Å². The molecule has 0 radical (unpaired) electrons. The third-order valence-corrected chi connectivity index (χ3v) is 5.54. The molecular formula is C23H20N4O5S. The van der Waals surface area contributed by atoms with E-state index in [1.54, 1.807) is 44.6 Å². The van der Waals surface area contributed by atoms with E-state index in [0.717, 1.165) is 5.56 Å². The number of rotatable bonds is 7. The van der Waals surface area contributed by atoms with Gasteiger partial charge in [0.05, 0.1) is 31.0 Å². The lowest BCUT2D eigenvalue weighted by Gasteiger charge is -2.13. The molecule has 1 amide bonds. The number of benzene rings is 2. The van der Waals surface area contributed by atoms with Gasteiger partial charge in [-0.25, -0.2) is 9.78 Å². The number of esters is 1. The molecule has 1 N–H and O–H groups in total. The molecule has 1 unspecified atom stereocenters. The minimum absolute atomic E-state index is 0.241. The molecule has 4 aromatic rings. The van der Waals surface area contributed by atoms with E-state index < -0.39 is 18.0 Å². The van der Waals surface area contributed by atoms with Crippen molar-refractivity contribution in [1.82, 2.24) is 15.0 Å². The normalized spacial score (nSPS) is 11.6. The number of carbonyl (C=O) groups excluding carboxylic acids is 2. The van der Waals surface area contributed by atoms with Gasteiger partial charge in [-0.2, -0.15) is 0 Å². The van der Waals surface area contributed by atoms with E-state index in [0.29, 0.717) is 33.4 Å². The van der Waals surface area contributed by atoms with E-state index in [1.807, 2.05) is 11.4 Å². The summed E-state index contributed by atoms with van der Waals surface area (Å²) in [5.41, 5.74) is 2.69. The van der Waals surface area contributed by atoms with Gasteiger partial charge in [0, 0.05) is 23.3 Å². The molecule has 10 heteroatoms. The van der Waals surface area contributed by atoms with Crippen molar-refractivity contribution in [3.8, 4) is 22.8 Å². The summed E-state index contributed by atoms with van der Waals surface area (Å²) in [6.07, 6.45) is 1.99. The summed E-state index contributed by atoms with van der Waals surface area (Å²) >= 11 is 1.26. The van der Waals surface area contributed by atoms with Crippen molar-refractivity contribution < 1.29 is 23.8 Å². The maximum Gasteiger partial charge on any atom is 0.341 e. The first-order valence-corrected chi connectivity index (χ1v) is 10.8. The number of ether oxygens (including phenoxy) is 3. The van der Waals surface area contributed by atoms with Crippen LogP contribution in [0.15, 0.2) is 54.2 Å².